The van der Waals surface area contributed by atoms with Gasteiger partial charge >= 0.3 is 0 Å². The van der Waals surface area contributed by atoms with Crippen LogP contribution in [-0.2, 0) is 11.2 Å². The Morgan fingerprint density at radius 3 is 2.42 bits per heavy atom. The number of anilines is 1. The smallest absolute Gasteiger partial charge is 0.222 e. The monoisotopic (exact) mass is 331 g/mol. The average Bonchev–Trinajstić information content (AvgIpc) is 3.01. The Kier molecular flexibility index (Phi) is 6.67. The number of nitrogens with zero attached hydrogens (tertiary/aromatic N) is 3. The molecule has 1 atom stereocenters. The standard InChI is InChI=1S/C20H33N3O/c1-16(2)23-13-12-18(15-23)14-22(5)20(24)11-8-17-6-9-19(10-7-17)21(3)4/h6-7,9-10,16,18H,8,11-15H2,1-5H3/t18-/m0/s1. The summed E-state index contributed by atoms with van der Waals surface area (Å²) in [6.45, 7) is 7.68. The summed E-state index contributed by atoms with van der Waals surface area (Å²) in [6.07, 6.45) is 2.62. The fraction of sp³-hybridized carbons (Fsp3) is 0.650. The Labute approximate surface area is 147 Å². The molecule has 1 saturated heterocycles. The molecule has 1 aliphatic rings. The number of benzene rings is 1. The molecule has 0 N–H and O–H groups in total. The predicted octanol–water partition coefficient (Wildman–Crippen LogP) is 2.87. The molecule has 0 radical (unpaired) electrons. The molecule has 4 heteroatoms. The number of amides is 1. The third kappa shape index (κ3) is 5.23. The highest BCUT2D eigenvalue weighted by molar-refractivity contribution is 5.76. The molecule has 1 aromatic carbocycles. The molecule has 1 heterocycles. The van der Waals surface area contributed by atoms with Crippen LogP contribution in [0.25, 0.3) is 0 Å². The molecule has 24 heavy (non-hydrogen) atoms. The van der Waals surface area contributed by atoms with E-state index in [9.17, 15) is 4.79 Å². The van der Waals surface area contributed by atoms with E-state index in [0.717, 1.165) is 19.5 Å². The average molecular weight is 332 g/mol. The molecule has 0 aliphatic carbocycles. The van der Waals surface area contributed by atoms with Crippen molar-refractivity contribution >= 4 is 11.6 Å². The summed E-state index contributed by atoms with van der Waals surface area (Å²) in [4.78, 5) is 18.9. The van der Waals surface area contributed by atoms with E-state index in [1.54, 1.807) is 0 Å². The minimum absolute atomic E-state index is 0.259. The van der Waals surface area contributed by atoms with Crippen molar-refractivity contribution in [2.75, 3.05) is 45.7 Å². The summed E-state index contributed by atoms with van der Waals surface area (Å²) in [5.74, 6) is 0.885. The largest absolute Gasteiger partial charge is 0.378 e. The number of carbonyl (C=O) groups excluding carboxylic acids is 1. The van der Waals surface area contributed by atoms with Crippen LogP contribution in [-0.4, -0.2) is 62.5 Å². The van der Waals surface area contributed by atoms with Crippen LogP contribution in [0.1, 0.15) is 32.3 Å². The van der Waals surface area contributed by atoms with Crippen molar-refractivity contribution in [1.29, 1.82) is 0 Å². The van der Waals surface area contributed by atoms with Gasteiger partial charge in [0.1, 0.15) is 0 Å². The third-order valence-corrected chi connectivity index (χ3v) is 5.09. The van der Waals surface area contributed by atoms with Crippen LogP contribution in [0.2, 0.25) is 0 Å². The van der Waals surface area contributed by atoms with Crippen molar-refractivity contribution in [3.05, 3.63) is 29.8 Å². The fourth-order valence-electron chi connectivity index (χ4n) is 3.37. The first-order valence-corrected chi connectivity index (χ1v) is 9.11. The highest BCUT2D eigenvalue weighted by Gasteiger charge is 2.26. The highest BCUT2D eigenvalue weighted by Crippen LogP contribution is 2.20. The van der Waals surface area contributed by atoms with Crippen molar-refractivity contribution in [1.82, 2.24) is 9.80 Å². The number of rotatable bonds is 7. The number of hydrogen-bond acceptors (Lipinski definition) is 3. The summed E-state index contributed by atoms with van der Waals surface area (Å²) < 4.78 is 0. The molecule has 134 valence electrons. The lowest BCUT2D eigenvalue weighted by Gasteiger charge is -2.23. The minimum atomic E-state index is 0.259. The summed E-state index contributed by atoms with van der Waals surface area (Å²) in [5.41, 5.74) is 2.42. The molecule has 2 rings (SSSR count). The highest BCUT2D eigenvalue weighted by atomic mass is 16.2. The maximum absolute atomic E-state index is 12.4. The second kappa shape index (κ2) is 8.52. The molecule has 1 aliphatic heterocycles. The molecular weight excluding hydrogens is 298 g/mol. The molecule has 1 fully saturated rings. The lowest BCUT2D eigenvalue weighted by atomic mass is 10.1. The normalized spacial score (nSPS) is 18.2. The molecule has 4 nitrogen and oxygen atoms in total. The maximum atomic E-state index is 12.4. The van der Waals surface area contributed by atoms with Crippen LogP contribution in [0.3, 0.4) is 0 Å². The van der Waals surface area contributed by atoms with Crippen LogP contribution in [0.4, 0.5) is 5.69 Å². The zero-order chi connectivity index (χ0) is 17.7. The Balaban J connectivity index is 1.75. The molecule has 0 saturated carbocycles. The van der Waals surface area contributed by atoms with Gasteiger partial charge in [0.15, 0.2) is 0 Å². The molecular formula is C20H33N3O. The molecule has 0 aromatic heterocycles. The van der Waals surface area contributed by atoms with Crippen molar-refractivity contribution in [2.45, 2.75) is 39.2 Å². The molecule has 0 spiro atoms. The van der Waals surface area contributed by atoms with E-state index in [0.29, 0.717) is 18.4 Å². The second-order valence-corrected chi connectivity index (χ2v) is 7.58. The van der Waals surface area contributed by atoms with E-state index < -0.39 is 0 Å². The van der Waals surface area contributed by atoms with Gasteiger partial charge in [-0.25, -0.2) is 0 Å². The van der Waals surface area contributed by atoms with Crippen LogP contribution >= 0.6 is 0 Å². The summed E-state index contributed by atoms with van der Waals surface area (Å²) in [5, 5.41) is 0. The number of likely N-dealkylation sites (tertiary alicyclic amines) is 1. The van der Waals surface area contributed by atoms with Crippen LogP contribution in [0, 0.1) is 5.92 Å². The van der Waals surface area contributed by atoms with E-state index in [1.807, 2.05) is 26.0 Å². The fourth-order valence-corrected chi connectivity index (χ4v) is 3.37. The first-order chi connectivity index (χ1) is 11.4. The van der Waals surface area contributed by atoms with Gasteiger partial charge in [0.2, 0.25) is 5.91 Å². The Morgan fingerprint density at radius 2 is 1.88 bits per heavy atom. The van der Waals surface area contributed by atoms with E-state index in [-0.39, 0.29) is 5.91 Å². The van der Waals surface area contributed by atoms with Crippen molar-refractivity contribution < 1.29 is 4.79 Å². The van der Waals surface area contributed by atoms with Gasteiger partial charge in [-0.3, -0.25) is 4.79 Å². The lowest BCUT2D eigenvalue weighted by molar-refractivity contribution is -0.130. The number of aryl methyl sites for hydroxylation is 1. The SMILES string of the molecule is CC(C)N1CC[C@@H](CN(C)C(=O)CCc2ccc(N(C)C)cc2)C1. The maximum Gasteiger partial charge on any atom is 0.222 e. The first-order valence-electron chi connectivity index (χ1n) is 9.11. The number of hydrogen-bond donors (Lipinski definition) is 0. The molecule has 1 aromatic rings. The zero-order valence-electron chi connectivity index (χ0n) is 16.0. The van der Waals surface area contributed by atoms with Gasteiger partial charge < -0.3 is 14.7 Å². The quantitative estimate of drug-likeness (QED) is 0.769. The molecule has 0 unspecified atom stereocenters. The van der Waals surface area contributed by atoms with Crippen LogP contribution < -0.4 is 4.90 Å². The van der Waals surface area contributed by atoms with Gasteiger partial charge in [0, 0.05) is 52.4 Å². The van der Waals surface area contributed by atoms with E-state index in [4.69, 9.17) is 0 Å². The van der Waals surface area contributed by atoms with Crippen molar-refractivity contribution in [2.24, 2.45) is 5.92 Å². The molecule has 0 bridgehead atoms. The number of carbonyl (C=O) groups is 1. The van der Waals surface area contributed by atoms with Crippen molar-refractivity contribution in [3.63, 3.8) is 0 Å². The molecule has 1 amide bonds. The van der Waals surface area contributed by atoms with Gasteiger partial charge in [-0.05, 0) is 56.8 Å². The summed E-state index contributed by atoms with van der Waals surface area (Å²) >= 11 is 0. The van der Waals surface area contributed by atoms with Gasteiger partial charge in [0.25, 0.3) is 0 Å². The van der Waals surface area contributed by atoms with Gasteiger partial charge in [-0.2, -0.15) is 0 Å². The van der Waals surface area contributed by atoms with Gasteiger partial charge in [-0.1, -0.05) is 12.1 Å². The van der Waals surface area contributed by atoms with Crippen LogP contribution in [0.15, 0.2) is 24.3 Å². The summed E-state index contributed by atoms with van der Waals surface area (Å²) in [6, 6.07) is 9.09. The van der Waals surface area contributed by atoms with Gasteiger partial charge in [-0.15, -0.1) is 0 Å². The lowest BCUT2D eigenvalue weighted by Crippen LogP contribution is -2.34. The Bertz CT molecular complexity index is 524. The third-order valence-electron chi connectivity index (χ3n) is 5.09. The first kappa shape index (κ1) is 18.8. The summed E-state index contributed by atoms with van der Waals surface area (Å²) in [7, 11) is 6.03. The zero-order valence-corrected chi connectivity index (χ0v) is 16.0. The van der Waals surface area contributed by atoms with E-state index in [1.165, 1.54) is 24.2 Å². The van der Waals surface area contributed by atoms with Gasteiger partial charge in [0.05, 0.1) is 0 Å². The predicted molar refractivity (Wildman–Crippen MR) is 102 cm³/mol. The topological polar surface area (TPSA) is 26.8 Å². The Morgan fingerprint density at radius 1 is 1.21 bits per heavy atom. The Hall–Kier alpha value is -1.55. The van der Waals surface area contributed by atoms with E-state index in [2.05, 4.69) is 47.9 Å². The minimum Gasteiger partial charge on any atom is -0.378 e. The van der Waals surface area contributed by atoms with Crippen LogP contribution in [0.5, 0.6) is 0 Å². The second-order valence-electron chi connectivity index (χ2n) is 7.58. The van der Waals surface area contributed by atoms with E-state index >= 15 is 0 Å². The van der Waals surface area contributed by atoms with Crippen molar-refractivity contribution in [3.8, 4) is 0 Å².